The lowest BCUT2D eigenvalue weighted by atomic mass is 9.96. The van der Waals surface area contributed by atoms with Crippen LogP contribution in [0.2, 0.25) is 5.02 Å². The van der Waals surface area contributed by atoms with Crippen LogP contribution in [0, 0.1) is 0 Å². The molecular weight excluding hydrogens is 481 g/mol. The van der Waals surface area contributed by atoms with Crippen LogP contribution in [0.15, 0.2) is 60.7 Å². The molecule has 0 unspecified atom stereocenters. The number of carbonyl (C=O) groups excluding carboxylic acids is 1. The van der Waals surface area contributed by atoms with Gasteiger partial charge in [0.2, 0.25) is 0 Å². The van der Waals surface area contributed by atoms with Gasteiger partial charge in [0.05, 0.1) is 35.1 Å². The molecule has 5 nitrogen and oxygen atoms in total. The van der Waals surface area contributed by atoms with Gasteiger partial charge in [-0.3, -0.25) is 4.79 Å². The molecule has 0 saturated carbocycles. The molecule has 35 heavy (non-hydrogen) atoms. The summed E-state index contributed by atoms with van der Waals surface area (Å²) in [5, 5.41) is 13.9. The van der Waals surface area contributed by atoms with Gasteiger partial charge in [-0.15, -0.1) is 0 Å². The fourth-order valence-corrected chi connectivity index (χ4v) is 4.58. The molecule has 0 radical (unpaired) electrons. The second-order valence-electron chi connectivity index (χ2n) is 8.28. The molecule has 2 N–H and O–H groups in total. The van der Waals surface area contributed by atoms with Crippen molar-refractivity contribution in [2.75, 3.05) is 36.5 Å². The predicted molar refractivity (Wildman–Crippen MR) is 129 cm³/mol. The number of anilines is 2. The second-order valence-corrected chi connectivity index (χ2v) is 8.69. The second kappa shape index (κ2) is 8.94. The van der Waals surface area contributed by atoms with E-state index in [1.165, 1.54) is 12.1 Å². The van der Waals surface area contributed by atoms with Gasteiger partial charge in [0.25, 0.3) is 5.91 Å². The van der Waals surface area contributed by atoms with Crippen molar-refractivity contribution in [2.24, 2.45) is 0 Å². The van der Waals surface area contributed by atoms with E-state index in [1.807, 2.05) is 24.3 Å². The molecule has 0 bridgehead atoms. The van der Waals surface area contributed by atoms with E-state index in [1.54, 1.807) is 12.1 Å². The number of amides is 1. The Hall–Kier alpha value is -3.49. The van der Waals surface area contributed by atoms with Crippen molar-refractivity contribution in [1.82, 2.24) is 0 Å². The number of benzene rings is 3. The van der Waals surface area contributed by atoms with Crippen LogP contribution >= 0.6 is 11.6 Å². The molecular formula is C26H20ClF3N2O3. The highest BCUT2D eigenvalue weighted by Crippen LogP contribution is 2.42. The van der Waals surface area contributed by atoms with E-state index in [9.17, 15) is 23.1 Å². The number of aliphatic hydroxyl groups is 1. The maximum absolute atomic E-state index is 13.2. The molecule has 0 aromatic heterocycles. The highest BCUT2D eigenvalue weighted by molar-refractivity contribution is 6.38. The van der Waals surface area contributed by atoms with Gasteiger partial charge in [-0.25, -0.2) is 0 Å². The normalized spacial score (nSPS) is 17.3. The van der Waals surface area contributed by atoms with E-state index in [-0.39, 0.29) is 11.1 Å². The highest BCUT2D eigenvalue weighted by atomic mass is 35.5. The third kappa shape index (κ3) is 4.47. The summed E-state index contributed by atoms with van der Waals surface area (Å²) in [5.41, 5.74) is 2.08. The van der Waals surface area contributed by atoms with Crippen LogP contribution in [0.5, 0.6) is 0 Å². The molecule has 1 fully saturated rings. The lowest BCUT2D eigenvalue weighted by molar-refractivity contribution is -0.137. The summed E-state index contributed by atoms with van der Waals surface area (Å²) in [4.78, 5) is 14.9. The van der Waals surface area contributed by atoms with Gasteiger partial charge >= 0.3 is 6.18 Å². The number of hydrogen-bond acceptors (Lipinski definition) is 4. The van der Waals surface area contributed by atoms with Crippen molar-refractivity contribution in [1.29, 1.82) is 0 Å². The zero-order valence-electron chi connectivity index (χ0n) is 18.3. The molecule has 9 heteroatoms. The summed E-state index contributed by atoms with van der Waals surface area (Å²) in [7, 11) is 0. The highest BCUT2D eigenvalue weighted by Gasteiger charge is 2.33. The summed E-state index contributed by atoms with van der Waals surface area (Å²) < 4.78 is 44.9. The van der Waals surface area contributed by atoms with E-state index in [0.717, 1.165) is 36.5 Å². The molecule has 0 aliphatic carbocycles. The van der Waals surface area contributed by atoms with E-state index in [2.05, 4.69) is 10.2 Å². The maximum Gasteiger partial charge on any atom is 0.416 e. The van der Waals surface area contributed by atoms with E-state index in [0.29, 0.717) is 35.1 Å². The number of fused-ring (bicyclic) bond motifs is 1. The Morgan fingerprint density at radius 3 is 2.40 bits per heavy atom. The summed E-state index contributed by atoms with van der Waals surface area (Å²) >= 11 is 6.51. The summed E-state index contributed by atoms with van der Waals surface area (Å²) in [5.74, 6) is -1.16. The number of nitrogens with zero attached hydrogens (tertiary/aromatic N) is 1. The number of ether oxygens (including phenoxy) is 1. The monoisotopic (exact) mass is 500 g/mol. The SMILES string of the molecule is O=C1Nc2cc(Cl)c(-c3ccc(N4CCOCC4)cc3)cc2C1=C(O)c1cccc(C(F)(F)F)c1. The van der Waals surface area contributed by atoms with Gasteiger partial charge in [-0.1, -0.05) is 35.9 Å². The average molecular weight is 501 g/mol. The molecule has 2 aliphatic heterocycles. The number of aliphatic hydroxyl groups excluding tert-OH is 1. The van der Waals surface area contributed by atoms with Gasteiger partial charge in [0, 0.05) is 35.5 Å². The molecule has 0 spiro atoms. The number of alkyl halides is 3. The van der Waals surface area contributed by atoms with Crippen LogP contribution in [0.25, 0.3) is 22.5 Å². The lowest BCUT2D eigenvalue weighted by Gasteiger charge is -2.29. The quantitative estimate of drug-likeness (QED) is 0.330. The molecule has 2 heterocycles. The first-order valence-electron chi connectivity index (χ1n) is 10.9. The molecule has 0 atom stereocenters. The van der Waals surface area contributed by atoms with Crippen molar-refractivity contribution in [3.63, 3.8) is 0 Å². The fourth-order valence-electron chi connectivity index (χ4n) is 4.31. The van der Waals surface area contributed by atoms with Crippen molar-refractivity contribution in [2.45, 2.75) is 6.18 Å². The lowest BCUT2D eigenvalue weighted by Crippen LogP contribution is -2.36. The number of morpholine rings is 1. The fraction of sp³-hybridized carbons (Fsp3) is 0.192. The zero-order chi connectivity index (χ0) is 24.7. The maximum atomic E-state index is 13.2. The standard InChI is InChI=1S/C26H20ClF3N2O3/c27-21-14-22-20(13-19(21)15-4-6-18(7-5-15)32-8-10-35-11-9-32)23(25(34)31-22)24(33)16-2-1-3-17(12-16)26(28,29)30/h1-7,12-14,33H,8-11H2,(H,31,34). The van der Waals surface area contributed by atoms with Gasteiger partial charge in [-0.2, -0.15) is 13.2 Å². The first kappa shape index (κ1) is 23.3. The Kier molecular flexibility index (Phi) is 5.94. The minimum Gasteiger partial charge on any atom is -0.506 e. The molecule has 180 valence electrons. The largest absolute Gasteiger partial charge is 0.506 e. The number of carbonyl (C=O) groups is 1. The summed E-state index contributed by atoms with van der Waals surface area (Å²) in [6, 6.07) is 15.3. The first-order valence-corrected chi connectivity index (χ1v) is 11.3. The molecule has 3 aromatic carbocycles. The Labute approximate surface area is 204 Å². The van der Waals surface area contributed by atoms with Crippen molar-refractivity contribution >= 4 is 40.2 Å². The molecule has 2 aliphatic rings. The molecule has 5 rings (SSSR count). The van der Waals surface area contributed by atoms with Gasteiger partial charge < -0.3 is 20.1 Å². The summed E-state index contributed by atoms with van der Waals surface area (Å²) in [6.45, 7) is 2.94. The van der Waals surface area contributed by atoms with Crippen LogP contribution in [-0.4, -0.2) is 37.3 Å². The summed E-state index contributed by atoms with van der Waals surface area (Å²) in [6.07, 6.45) is -4.58. The van der Waals surface area contributed by atoms with Crippen LogP contribution < -0.4 is 10.2 Å². The number of nitrogens with one attached hydrogen (secondary N) is 1. The van der Waals surface area contributed by atoms with E-state index < -0.39 is 23.4 Å². The van der Waals surface area contributed by atoms with E-state index in [4.69, 9.17) is 16.3 Å². The Bertz CT molecular complexity index is 1330. The molecule has 3 aromatic rings. The van der Waals surface area contributed by atoms with Crippen molar-refractivity contribution in [3.05, 3.63) is 82.4 Å². The minimum atomic E-state index is -4.58. The first-order chi connectivity index (χ1) is 16.7. The minimum absolute atomic E-state index is 0.107. The van der Waals surface area contributed by atoms with Crippen molar-refractivity contribution in [3.8, 4) is 11.1 Å². The third-order valence-corrected chi connectivity index (χ3v) is 6.42. The molecule has 1 amide bonds. The molecule has 1 saturated heterocycles. The van der Waals surface area contributed by atoms with Gasteiger partial charge in [-0.05, 0) is 42.0 Å². The smallest absolute Gasteiger partial charge is 0.416 e. The van der Waals surface area contributed by atoms with Crippen LogP contribution in [0.4, 0.5) is 24.5 Å². The Morgan fingerprint density at radius 2 is 1.71 bits per heavy atom. The van der Waals surface area contributed by atoms with Crippen molar-refractivity contribution < 1.29 is 27.8 Å². The number of rotatable bonds is 3. The predicted octanol–water partition coefficient (Wildman–Crippen LogP) is 6.24. The number of halogens is 4. The average Bonchev–Trinajstić information content (AvgIpc) is 3.17. The van der Waals surface area contributed by atoms with Gasteiger partial charge in [0.15, 0.2) is 0 Å². The van der Waals surface area contributed by atoms with Crippen LogP contribution in [0.3, 0.4) is 0 Å². The Balaban J connectivity index is 1.54. The van der Waals surface area contributed by atoms with Crippen LogP contribution in [0.1, 0.15) is 16.7 Å². The van der Waals surface area contributed by atoms with E-state index >= 15 is 0 Å². The third-order valence-electron chi connectivity index (χ3n) is 6.11. The zero-order valence-corrected chi connectivity index (χ0v) is 19.1. The number of hydrogen-bond donors (Lipinski definition) is 2. The Morgan fingerprint density at radius 1 is 1.00 bits per heavy atom. The topological polar surface area (TPSA) is 61.8 Å². The van der Waals surface area contributed by atoms with Gasteiger partial charge in [0.1, 0.15) is 5.76 Å². The van der Waals surface area contributed by atoms with Crippen LogP contribution in [-0.2, 0) is 15.7 Å².